The first-order valence-electron chi connectivity index (χ1n) is 7.74. The van der Waals surface area contributed by atoms with Crippen molar-refractivity contribution in [3.63, 3.8) is 0 Å². The Balaban J connectivity index is 1.84. The molecule has 1 N–H and O–H groups in total. The monoisotopic (exact) mass is 455 g/mol. The van der Waals surface area contributed by atoms with Crippen LogP contribution in [-0.4, -0.2) is 10.2 Å². The highest BCUT2D eigenvalue weighted by molar-refractivity contribution is 6.53. The van der Waals surface area contributed by atoms with E-state index in [4.69, 9.17) is 46.4 Å². The van der Waals surface area contributed by atoms with Crippen molar-refractivity contribution in [3.05, 3.63) is 63.1 Å². The summed E-state index contributed by atoms with van der Waals surface area (Å²) in [4.78, 5) is 12.6. The zero-order valence-corrected chi connectivity index (χ0v) is 16.7. The molecule has 1 fully saturated rings. The summed E-state index contributed by atoms with van der Waals surface area (Å²) in [6.45, 7) is 1.78. The van der Waals surface area contributed by atoms with Gasteiger partial charge in [0.2, 0.25) is 5.91 Å². The van der Waals surface area contributed by atoms with Crippen molar-refractivity contribution in [1.82, 2.24) is 0 Å². The Labute approximate surface area is 173 Å². The quantitative estimate of drug-likeness (QED) is 0.503. The van der Waals surface area contributed by atoms with E-state index in [-0.39, 0.29) is 5.56 Å². The number of hydrogen-bond acceptors (Lipinski definition) is 1. The standard InChI is InChI=1S/C18H12Cl4F3NO/c1-8-6-10(3-5-12(8)19)26-16(27)15-14(17(15,21)22)9-2-4-13(20)11(7-9)18(23,24)25/h2-7,14-15H,1H3,(H,26,27). The summed E-state index contributed by atoms with van der Waals surface area (Å²) in [7, 11) is 0. The third kappa shape index (κ3) is 4.02. The zero-order valence-electron chi connectivity index (χ0n) is 13.7. The lowest BCUT2D eigenvalue weighted by Crippen LogP contribution is -2.17. The number of anilines is 1. The predicted octanol–water partition coefficient (Wildman–Crippen LogP) is 6.85. The molecule has 0 heterocycles. The minimum Gasteiger partial charge on any atom is -0.326 e. The van der Waals surface area contributed by atoms with Crippen molar-refractivity contribution in [3.8, 4) is 0 Å². The fraction of sp³-hybridized carbons (Fsp3) is 0.278. The molecular formula is C18H12Cl4F3NO. The fourth-order valence-corrected chi connectivity index (χ4v) is 4.13. The molecule has 27 heavy (non-hydrogen) atoms. The molecular weight excluding hydrogens is 445 g/mol. The molecule has 0 saturated heterocycles. The lowest BCUT2D eigenvalue weighted by atomic mass is 10.0. The Bertz CT molecular complexity index is 914. The molecule has 1 saturated carbocycles. The molecule has 3 rings (SSSR count). The van der Waals surface area contributed by atoms with Crippen LogP contribution < -0.4 is 5.32 Å². The number of amides is 1. The van der Waals surface area contributed by atoms with Crippen LogP contribution in [-0.2, 0) is 11.0 Å². The fourth-order valence-electron chi connectivity index (χ4n) is 2.96. The van der Waals surface area contributed by atoms with Gasteiger partial charge in [0, 0.05) is 16.6 Å². The van der Waals surface area contributed by atoms with E-state index < -0.39 is 38.8 Å². The average molecular weight is 457 g/mol. The van der Waals surface area contributed by atoms with Crippen LogP contribution in [0.15, 0.2) is 36.4 Å². The first kappa shape index (κ1) is 20.6. The minimum atomic E-state index is -4.62. The number of aryl methyl sites for hydroxylation is 1. The molecule has 2 aromatic rings. The summed E-state index contributed by atoms with van der Waals surface area (Å²) < 4.78 is 37.7. The van der Waals surface area contributed by atoms with Gasteiger partial charge >= 0.3 is 6.18 Å². The van der Waals surface area contributed by atoms with Gasteiger partial charge in [-0.05, 0) is 48.4 Å². The van der Waals surface area contributed by atoms with Crippen LogP contribution in [0, 0.1) is 12.8 Å². The maximum atomic E-state index is 13.1. The lowest BCUT2D eigenvalue weighted by molar-refractivity contribution is -0.137. The van der Waals surface area contributed by atoms with Gasteiger partial charge in [-0.25, -0.2) is 0 Å². The number of hydrogen-bond donors (Lipinski definition) is 1. The van der Waals surface area contributed by atoms with Gasteiger partial charge in [-0.1, -0.05) is 29.3 Å². The normalized spacial score (nSPS) is 21.0. The number of halogens is 7. The average Bonchev–Trinajstić information content (AvgIpc) is 3.13. The topological polar surface area (TPSA) is 29.1 Å². The molecule has 0 bridgehead atoms. The van der Waals surface area contributed by atoms with Gasteiger partial charge in [-0.2, -0.15) is 13.2 Å². The van der Waals surface area contributed by atoms with Crippen molar-refractivity contribution in [1.29, 1.82) is 0 Å². The third-order valence-corrected chi connectivity index (χ3v) is 6.11. The number of rotatable bonds is 3. The SMILES string of the molecule is Cc1cc(NC(=O)C2C(c3ccc(Cl)c(C(F)(F)F)c3)C2(Cl)Cl)ccc1Cl. The molecule has 0 aromatic heterocycles. The molecule has 9 heteroatoms. The van der Waals surface area contributed by atoms with Crippen LogP contribution in [0.4, 0.5) is 18.9 Å². The molecule has 0 spiro atoms. The molecule has 2 aromatic carbocycles. The van der Waals surface area contributed by atoms with Gasteiger partial charge < -0.3 is 5.32 Å². The van der Waals surface area contributed by atoms with Gasteiger partial charge in [-0.15, -0.1) is 23.2 Å². The van der Waals surface area contributed by atoms with Crippen LogP contribution >= 0.6 is 46.4 Å². The minimum absolute atomic E-state index is 0.198. The Hall–Kier alpha value is -1.14. The van der Waals surface area contributed by atoms with Crippen molar-refractivity contribution in [2.75, 3.05) is 5.32 Å². The Kier molecular flexibility index (Phi) is 5.36. The second-order valence-electron chi connectivity index (χ2n) is 6.32. The van der Waals surface area contributed by atoms with Gasteiger partial charge in [0.1, 0.15) is 4.33 Å². The third-order valence-electron chi connectivity index (χ3n) is 4.42. The van der Waals surface area contributed by atoms with Gasteiger partial charge in [-0.3, -0.25) is 4.79 Å². The number of alkyl halides is 5. The van der Waals surface area contributed by atoms with Gasteiger partial charge in [0.25, 0.3) is 0 Å². The molecule has 1 aliphatic rings. The largest absolute Gasteiger partial charge is 0.417 e. The van der Waals surface area contributed by atoms with Crippen LogP contribution in [0.25, 0.3) is 0 Å². The Morgan fingerprint density at radius 3 is 2.30 bits per heavy atom. The van der Waals surface area contributed by atoms with Crippen molar-refractivity contribution in [2.24, 2.45) is 5.92 Å². The van der Waals surface area contributed by atoms with Crippen molar-refractivity contribution < 1.29 is 18.0 Å². The van der Waals surface area contributed by atoms with Crippen LogP contribution in [0.2, 0.25) is 10.0 Å². The molecule has 0 aliphatic heterocycles. The smallest absolute Gasteiger partial charge is 0.326 e. The number of nitrogens with one attached hydrogen (secondary N) is 1. The first-order chi connectivity index (χ1) is 12.4. The summed E-state index contributed by atoms with van der Waals surface area (Å²) in [6.07, 6.45) is -4.62. The van der Waals surface area contributed by atoms with E-state index in [1.54, 1.807) is 25.1 Å². The van der Waals surface area contributed by atoms with Crippen LogP contribution in [0.1, 0.15) is 22.6 Å². The summed E-state index contributed by atoms with van der Waals surface area (Å²) in [5, 5.41) is 2.78. The van der Waals surface area contributed by atoms with E-state index in [2.05, 4.69) is 5.32 Å². The van der Waals surface area contributed by atoms with Crippen molar-refractivity contribution in [2.45, 2.75) is 23.4 Å². The molecule has 0 radical (unpaired) electrons. The Morgan fingerprint density at radius 1 is 1.07 bits per heavy atom. The zero-order chi connectivity index (χ0) is 20.1. The molecule has 144 valence electrons. The summed E-state index contributed by atoms with van der Waals surface area (Å²) >= 11 is 24.0. The molecule has 1 aliphatic carbocycles. The maximum Gasteiger partial charge on any atom is 0.417 e. The van der Waals surface area contributed by atoms with E-state index in [9.17, 15) is 18.0 Å². The number of carbonyl (C=O) groups is 1. The summed E-state index contributed by atoms with van der Waals surface area (Å²) in [5.74, 6) is -2.18. The Morgan fingerprint density at radius 2 is 1.70 bits per heavy atom. The van der Waals surface area contributed by atoms with Crippen molar-refractivity contribution >= 4 is 58.0 Å². The van der Waals surface area contributed by atoms with E-state index >= 15 is 0 Å². The number of benzene rings is 2. The first-order valence-corrected chi connectivity index (χ1v) is 9.25. The highest BCUT2D eigenvalue weighted by Crippen LogP contribution is 2.65. The lowest BCUT2D eigenvalue weighted by Gasteiger charge is -2.11. The van der Waals surface area contributed by atoms with Crippen LogP contribution in [0.3, 0.4) is 0 Å². The molecule has 2 atom stereocenters. The highest BCUT2D eigenvalue weighted by Gasteiger charge is 2.67. The second kappa shape index (κ2) is 7.03. The van der Waals surface area contributed by atoms with E-state index in [0.717, 1.165) is 17.7 Å². The molecule has 2 nitrogen and oxygen atoms in total. The molecule has 1 amide bonds. The predicted molar refractivity (Wildman–Crippen MR) is 102 cm³/mol. The van der Waals surface area contributed by atoms with Gasteiger partial charge in [0.05, 0.1) is 16.5 Å². The summed E-state index contributed by atoms with van der Waals surface area (Å²) in [5.41, 5.74) is 0.454. The second-order valence-corrected chi connectivity index (χ2v) is 8.58. The van der Waals surface area contributed by atoms with Gasteiger partial charge in [0.15, 0.2) is 0 Å². The van der Waals surface area contributed by atoms with E-state index in [0.29, 0.717) is 10.7 Å². The number of carbonyl (C=O) groups excluding carboxylic acids is 1. The summed E-state index contributed by atoms with van der Waals surface area (Å²) in [6, 6.07) is 8.30. The maximum absolute atomic E-state index is 13.1. The highest BCUT2D eigenvalue weighted by atomic mass is 35.5. The van der Waals surface area contributed by atoms with E-state index in [1.807, 2.05) is 0 Å². The van der Waals surface area contributed by atoms with Crippen LogP contribution in [0.5, 0.6) is 0 Å². The van der Waals surface area contributed by atoms with E-state index in [1.165, 1.54) is 6.07 Å². The molecule has 2 unspecified atom stereocenters.